The van der Waals surface area contributed by atoms with E-state index in [2.05, 4.69) is 26.8 Å². The molecular weight excluding hydrogens is 384 g/mol. The molecule has 0 aromatic carbocycles. The number of hydrogen-bond donors (Lipinski definition) is 0. The summed E-state index contributed by atoms with van der Waals surface area (Å²) < 4.78 is 4.83. The van der Waals surface area contributed by atoms with E-state index < -0.39 is 0 Å². The van der Waals surface area contributed by atoms with Crippen LogP contribution in [0, 0.1) is 40.4 Å². The highest BCUT2D eigenvalue weighted by Gasteiger charge is 2.63. The first kappa shape index (κ1) is 24.5. The van der Waals surface area contributed by atoms with Crippen LogP contribution in [0.25, 0.3) is 0 Å². The maximum Gasteiger partial charge on any atom is 0.305 e. The second-order valence-corrected chi connectivity index (χ2v) is 10.9. The highest BCUT2D eigenvalue weighted by Crippen LogP contribution is 2.67. The van der Waals surface area contributed by atoms with E-state index in [-0.39, 0.29) is 17.3 Å². The molecule has 176 valence electrons. The Kier molecular flexibility index (Phi) is 7.75. The molecule has 0 radical (unpaired) electrons. The average molecular weight is 431 g/mol. The summed E-state index contributed by atoms with van der Waals surface area (Å²) in [6.07, 6.45) is 14.8. The van der Waals surface area contributed by atoms with E-state index in [0.29, 0.717) is 41.3 Å². The highest BCUT2D eigenvalue weighted by atomic mass is 16.5. The molecule has 3 nitrogen and oxygen atoms in total. The Morgan fingerprint density at radius 1 is 1.03 bits per heavy atom. The largest absolute Gasteiger partial charge is 0.469 e. The number of esters is 1. The van der Waals surface area contributed by atoms with Crippen LogP contribution in [0.2, 0.25) is 0 Å². The van der Waals surface area contributed by atoms with E-state index in [4.69, 9.17) is 4.74 Å². The van der Waals surface area contributed by atoms with Gasteiger partial charge in [-0.3, -0.25) is 9.59 Å². The summed E-state index contributed by atoms with van der Waals surface area (Å²) in [4.78, 5) is 25.3. The Morgan fingerprint density at radius 2 is 1.74 bits per heavy atom. The monoisotopic (exact) mass is 430 g/mol. The summed E-state index contributed by atoms with van der Waals surface area (Å²) in [5, 5.41) is 0. The first-order valence-corrected chi connectivity index (χ1v) is 13.1. The van der Waals surface area contributed by atoms with Gasteiger partial charge >= 0.3 is 5.97 Å². The van der Waals surface area contributed by atoms with Gasteiger partial charge in [-0.15, -0.1) is 0 Å². The molecule has 4 saturated carbocycles. The minimum Gasteiger partial charge on any atom is -0.469 e. The van der Waals surface area contributed by atoms with Crippen LogP contribution in [0.15, 0.2) is 11.6 Å². The lowest BCUT2D eigenvalue weighted by Crippen LogP contribution is -2.57. The van der Waals surface area contributed by atoms with E-state index in [1.165, 1.54) is 64.0 Å². The van der Waals surface area contributed by atoms with E-state index in [1.807, 2.05) is 13.8 Å². The molecule has 3 heteroatoms. The van der Waals surface area contributed by atoms with Crippen molar-refractivity contribution >= 4 is 11.8 Å². The summed E-state index contributed by atoms with van der Waals surface area (Å²) in [5.41, 5.74) is 1.76. The molecule has 0 bridgehead atoms. The van der Waals surface area contributed by atoms with Crippen molar-refractivity contribution in [1.29, 1.82) is 0 Å². The zero-order chi connectivity index (χ0) is 22.8. The Morgan fingerprint density at radius 3 is 2.42 bits per heavy atom. The van der Waals surface area contributed by atoms with Crippen LogP contribution in [-0.2, 0) is 14.3 Å². The Bertz CT molecular complexity index is 694. The number of Topliss-reactive ketones (excluding diaryl/α,β-unsaturated/α-hetero) is 1. The second-order valence-electron chi connectivity index (χ2n) is 10.9. The quantitative estimate of drug-likeness (QED) is 0.351. The van der Waals surface area contributed by atoms with Gasteiger partial charge in [0.25, 0.3) is 0 Å². The number of carbonyl (C=O) groups excluding carboxylic acids is 2. The molecule has 0 saturated heterocycles. The van der Waals surface area contributed by atoms with Gasteiger partial charge in [0.15, 0.2) is 5.78 Å². The predicted octanol–water partition coefficient (Wildman–Crippen LogP) is 7.14. The van der Waals surface area contributed by atoms with Crippen molar-refractivity contribution in [2.24, 2.45) is 40.4 Å². The molecule has 4 rings (SSSR count). The number of ether oxygens (including phenoxy) is 1. The Balaban J connectivity index is 0.00000132. The van der Waals surface area contributed by atoms with E-state index in [9.17, 15) is 9.59 Å². The van der Waals surface area contributed by atoms with Crippen LogP contribution in [0.1, 0.15) is 105 Å². The molecule has 4 aliphatic carbocycles. The minimum atomic E-state index is -0.0927. The van der Waals surface area contributed by atoms with Gasteiger partial charge in [-0.1, -0.05) is 46.6 Å². The van der Waals surface area contributed by atoms with Crippen molar-refractivity contribution < 1.29 is 14.3 Å². The smallest absolute Gasteiger partial charge is 0.305 e. The van der Waals surface area contributed by atoms with E-state index in [0.717, 1.165) is 12.8 Å². The summed E-state index contributed by atoms with van der Waals surface area (Å²) in [6, 6.07) is 0. The molecule has 0 amide bonds. The van der Waals surface area contributed by atoms with Gasteiger partial charge in [-0.2, -0.15) is 0 Å². The Hall–Kier alpha value is -1.12. The number of methoxy groups -OCH3 is 1. The summed E-state index contributed by atoms with van der Waals surface area (Å²) in [7, 11) is 1.48. The zero-order valence-electron chi connectivity index (χ0n) is 21.0. The minimum absolute atomic E-state index is 0.0927. The van der Waals surface area contributed by atoms with Gasteiger partial charge in [0.2, 0.25) is 0 Å². The number of ketones is 1. The van der Waals surface area contributed by atoms with Crippen LogP contribution in [0.3, 0.4) is 0 Å². The molecule has 0 heterocycles. The zero-order valence-corrected chi connectivity index (χ0v) is 21.0. The lowest BCUT2D eigenvalue weighted by atomic mass is 9.43. The summed E-state index contributed by atoms with van der Waals surface area (Å²) in [6.45, 7) is 11.1. The SMILES string of the molecule is C/C=C1\C(=O)C2C3CCC(CCCC(=O)OC)C3(C)CCC2C2(C)CCCCC12.CC. The fraction of sp³-hybridized carbons (Fsp3) is 0.857. The van der Waals surface area contributed by atoms with Crippen LogP contribution in [0.4, 0.5) is 0 Å². The molecule has 0 aliphatic heterocycles. The second kappa shape index (κ2) is 9.79. The van der Waals surface area contributed by atoms with Gasteiger partial charge in [-0.05, 0) is 98.4 Å². The van der Waals surface area contributed by atoms with Gasteiger partial charge in [0, 0.05) is 12.3 Å². The highest BCUT2D eigenvalue weighted by molar-refractivity contribution is 5.99. The number of allylic oxidation sites excluding steroid dienone is 2. The maximum absolute atomic E-state index is 13.8. The molecule has 0 aromatic rings. The lowest BCUT2D eigenvalue weighted by molar-refractivity contribution is -0.145. The average Bonchev–Trinajstić information content (AvgIpc) is 3.11. The molecule has 4 aliphatic rings. The molecule has 0 spiro atoms. The third-order valence-electron chi connectivity index (χ3n) is 10.0. The fourth-order valence-corrected chi connectivity index (χ4v) is 8.44. The normalized spacial score (nSPS) is 42.7. The topological polar surface area (TPSA) is 43.4 Å². The number of carbonyl (C=O) groups is 2. The van der Waals surface area contributed by atoms with Crippen molar-refractivity contribution in [3.05, 3.63) is 11.6 Å². The number of rotatable bonds is 4. The van der Waals surface area contributed by atoms with Gasteiger partial charge < -0.3 is 4.74 Å². The molecule has 4 fully saturated rings. The maximum atomic E-state index is 13.8. The third-order valence-corrected chi connectivity index (χ3v) is 10.0. The molecular formula is C28H46O3. The van der Waals surface area contributed by atoms with Gasteiger partial charge in [-0.25, -0.2) is 0 Å². The molecule has 0 aromatic heterocycles. The first-order valence-electron chi connectivity index (χ1n) is 13.1. The van der Waals surface area contributed by atoms with Crippen molar-refractivity contribution in [3.8, 4) is 0 Å². The summed E-state index contributed by atoms with van der Waals surface area (Å²) in [5.74, 6) is 2.92. The summed E-state index contributed by atoms with van der Waals surface area (Å²) >= 11 is 0. The molecule has 7 atom stereocenters. The van der Waals surface area contributed by atoms with Crippen LogP contribution < -0.4 is 0 Å². The van der Waals surface area contributed by atoms with E-state index in [1.54, 1.807) is 0 Å². The Labute approximate surface area is 190 Å². The van der Waals surface area contributed by atoms with E-state index >= 15 is 0 Å². The van der Waals surface area contributed by atoms with Crippen LogP contribution in [0.5, 0.6) is 0 Å². The molecule has 0 N–H and O–H groups in total. The fourth-order valence-electron chi connectivity index (χ4n) is 8.44. The predicted molar refractivity (Wildman–Crippen MR) is 127 cm³/mol. The van der Waals surface area contributed by atoms with Gasteiger partial charge in [0.1, 0.15) is 0 Å². The van der Waals surface area contributed by atoms with Gasteiger partial charge in [0.05, 0.1) is 7.11 Å². The lowest BCUT2D eigenvalue weighted by Gasteiger charge is -2.60. The molecule has 31 heavy (non-hydrogen) atoms. The number of hydrogen-bond acceptors (Lipinski definition) is 3. The van der Waals surface area contributed by atoms with Crippen molar-refractivity contribution in [1.82, 2.24) is 0 Å². The van der Waals surface area contributed by atoms with Crippen LogP contribution >= 0.6 is 0 Å². The number of fused-ring (bicyclic) bond motifs is 5. The van der Waals surface area contributed by atoms with Crippen LogP contribution in [-0.4, -0.2) is 18.9 Å². The molecule has 7 unspecified atom stereocenters. The van der Waals surface area contributed by atoms with Crippen molar-refractivity contribution in [2.45, 2.75) is 105 Å². The van der Waals surface area contributed by atoms with Crippen molar-refractivity contribution in [3.63, 3.8) is 0 Å². The van der Waals surface area contributed by atoms with Crippen molar-refractivity contribution in [2.75, 3.05) is 7.11 Å². The standard InChI is InChI=1S/C26H40O3.C2H6/c1-5-18-19-10-6-7-15-26(19,3)21-14-16-25(2)17(9-8-11-22(27)29-4)12-13-20(25)23(21)24(18)28;1-2/h5,17,19-21,23H,6-16H2,1-4H3;1-2H3/b18-5-;. The first-order chi connectivity index (χ1) is 14.9. The third kappa shape index (κ3) is 4.04.